The van der Waals surface area contributed by atoms with Crippen molar-refractivity contribution in [3.8, 4) is 0 Å². The molecular formula is C21H28N4O. The molecule has 1 aromatic heterocycles. The molecule has 0 amide bonds. The summed E-state index contributed by atoms with van der Waals surface area (Å²) in [6.45, 7) is 9.09. The molecule has 2 heterocycles. The van der Waals surface area contributed by atoms with Crippen LogP contribution in [0.3, 0.4) is 0 Å². The highest BCUT2D eigenvalue weighted by Gasteiger charge is 2.27. The lowest BCUT2D eigenvalue weighted by molar-refractivity contribution is 0.0811. The van der Waals surface area contributed by atoms with Crippen LogP contribution < -0.4 is 5.73 Å². The number of nitrogens with two attached hydrogens (primary N) is 1. The third-order valence-electron chi connectivity index (χ3n) is 5.04. The Morgan fingerprint density at radius 3 is 2.46 bits per heavy atom. The Hall–Kier alpha value is -2.27. The van der Waals surface area contributed by atoms with Gasteiger partial charge in [-0.05, 0) is 30.4 Å². The number of piperidine rings is 1. The van der Waals surface area contributed by atoms with Gasteiger partial charge in [0.05, 0.1) is 0 Å². The maximum atomic E-state index is 12.9. The number of nitrogen functional groups attached to an aromatic ring is 1. The summed E-state index contributed by atoms with van der Waals surface area (Å²) in [6, 6.07) is 8.13. The lowest BCUT2D eigenvalue weighted by atomic mass is 9.85. The smallest absolute Gasteiger partial charge is 0.219 e. The van der Waals surface area contributed by atoms with Gasteiger partial charge in [0.2, 0.25) is 5.95 Å². The van der Waals surface area contributed by atoms with Crippen LogP contribution in [-0.4, -0.2) is 33.7 Å². The molecular weight excluding hydrogens is 324 g/mol. The quantitative estimate of drug-likeness (QED) is 0.853. The number of Topliss-reactive ketones (excluding diaryl/α,β-unsaturated/α-hetero) is 1. The molecule has 0 bridgehead atoms. The minimum atomic E-state index is 0.0546. The average molecular weight is 352 g/mol. The summed E-state index contributed by atoms with van der Waals surface area (Å²) < 4.78 is 0. The van der Waals surface area contributed by atoms with Gasteiger partial charge in [0.15, 0.2) is 5.78 Å². The van der Waals surface area contributed by atoms with E-state index in [0.29, 0.717) is 5.95 Å². The van der Waals surface area contributed by atoms with Crippen molar-refractivity contribution in [3.05, 3.63) is 53.3 Å². The summed E-state index contributed by atoms with van der Waals surface area (Å²) in [5.74, 6) is 0.599. The van der Waals surface area contributed by atoms with Crippen LogP contribution in [0, 0.1) is 5.92 Å². The van der Waals surface area contributed by atoms with Crippen molar-refractivity contribution < 1.29 is 4.79 Å². The van der Waals surface area contributed by atoms with Gasteiger partial charge in [0, 0.05) is 42.5 Å². The number of aromatic nitrogens is 2. The standard InChI is InChI=1S/C21H28N4O/c1-21(2,3)18-8-6-16(7-9-18)19(26)17-5-4-10-25(14-17)13-15-11-23-20(22)24-12-15/h6-9,11-12,17H,4-5,10,13-14H2,1-3H3,(H2,22,23,24). The summed E-state index contributed by atoms with van der Waals surface area (Å²) in [4.78, 5) is 23.3. The lowest BCUT2D eigenvalue weighted by Crippen LogP contribution is -2.38. The van der Waals surface area contributed by atoms with E-state index in [9.17, 15) is 4.79 Å². The van der Waals surface area contributed by atoms with Gasteiger partial charge in [0.25, 0.3) is 0 Å². The Balaban J connectivity index is 1.65. The zero-order valence-corrected chi connectivity index (χ0v) is 15.9. The fourth-order valence-corrected chi connectivity index (χ4v) is 3.49. The second-order valence-electron chi connectivity index (χ2n) is 8.22. The molecule has 1 saturated heterocycles. The van der Waals surface area contributed by atoms with Crippen LogP contribution in [0.4, 0.5) is 5.95 Å². The first-order valence-corrected chi connectivity index (χ1v) is 9.26. The number of likely N-dealkylation sites (tertiary alicyclic amines) is 1. The van der Waals surface area contributed by atoms with E-state index in [1.165, 1.54) is 5.56 Å². The summed E-state index contributed by atoms with van der Waals surface area (Å²) >= 11 is 0. The molecule has 26 heavy (non-hydrogen) atoms. The first-order chi connectivity index (χ1) is 12.3. The highest BCUT2D eigenvalue weighted by molar-refractivity contribution is 5.98. The predicted octanol–water partition coefficient (Wildman–Crippen LogP) is 3.45. The topological polar surface area (TPSA) is 72.1 Å². The molecule has 0 radical (unpaired) electrons. The maximum absolute atomic E-state index is 12.9. The Bertz CT molecular complexity index is 747. The zero-order chi connectivity index (χ0) is 18.7. The number of hydrogen-bond donors (Lipinski definition) is 1. The van der Waals surface area contributed by atoms with E-state index in [2.05, 4.69) is 47.8 Å². The van der Waals surface area contributed by atoms with Crippen molar-refractivity contribution in [2.45, 2.75) is 45.6 Å². The van der Waals surface area contributed by atoms with E-state index in [4.69, 9.17) is 5.73 Å². The molecule has 138 valence electrons. The van der Waals surface area contributed by atoms with Gasteiger partial charge in [0.1, 0.15) is 0 Å². The zero-order valence-electron chi connectivity index (χ0n) is 15.9. The van der Waals surface area contributed by atoms with Gasteiger partial charge < -0.3 is 5.73 Å². The van der Waals surface area contributed by atoms with E-state index < -0.39 is 0 Å². The van der Waals surface area contributed by atoms with Crippen molar-refractivity contribution in [1.82, 2.24) is 14.9 Å². The lowest BCUT2D eigenvalue weighted by Gasteiger charge is -2.32. The van der Waals surface area contributed by atoms with E-state index in [-0.39, 0.29) is 17.1 Å². The molecule has 2 N–H and O–H groups in total. The Morgan fingerprint density at radius 1 is 1.19 bits per heavy atom. The van der Waals surface area contributed by atoms with Crippen LogP contribution in [0.15, 0.2) is 36.7 Å². The summed E-state index contributed by atoms with van der Waals surface area (Å²) in [5.41, 5.74) is 8.75. The van der Waals surface area contributed by atoms with Crippen LogP contribution in [-0.2, 0) is 12.0 Å². The minimum absolute atomic E-state index is 0.0546. The van der Waals surface area contributed by atoms with Gasteiger partial charge in [-0.3, -0.25) is 9.69 Å². The average Bonchev–Trinajstić information content (AvgIpc) is 2.63. The van der Waals surface area contributed by atoms with E-state index in [0.717, 1.165) is 43.6 Å². The number of nitrogens with zero attached hydrogens (tertiary/aromatic N) is 3. The fourth-order valence-electron chi connectivity index (χ4n) is 3.49. The molecule has 1 atom stereocenters. The van der Waals surface area contributed by atoms with Crippen LogP contribution in [0.2, 0.25) is 0 Å². The number of hydrogen-bond acceptors (Lipinski definition) is 5. The molecule has 1 fully saturated rings. The first kappa shape index (κ1) is 18.5. The van der Waals surface area contributed by atoms with Crippen molar-refractivity contribution in [2.75, 3.05) is 18.8 Å². The number of anilines is 1. The van der Waals surface area contributed by atoms with Crippen molar-refractivity contribution in [2.24, 2.45) is 5.92 Å². The largest absolute Gasteiger partial charge is 0.368 e. The third kappa shape index (κ3) is 4.47. The van der Waals surface area contributed by atoms with Crippen LogP contribution in [0.25, 0.3) is 0 Å². The second-order valence-corrected chi connectivity index (χ2v) is 8.22. The minimum Gasteiger partial charge on any atom is -0.368 e. The monoisotopic (exact) mass is 352 g/mol. The summed E-state index contributed by atoms with van der Waals surface area (Å²) in [6.07, 6.45) is 5.51. The van der Waals surface area contributed by atoms with Crippen molar-refractivity contribution >= 4 is 11.7 Å². The molecule has 0 spiro atoms. The third-order valence-corrected chi connectivity index (χ3v) is 5.04. The number of carbonyl (C=O) groups excluding carboxylic acids is 1. The normalized spacial score (nSPS) is 18.7. The highest BCUT2D eigenvalue weighted by atomic mass is 16.1. The summed E-state index contributed by atoms with van der Waals surface area (Å²) in [5, 5.41) is 0. The molecule has 5 nitrogen and oxygen atoms in total. The van der Waals surface area contributed by atoms with E-state index >= 15 is 0 Å². The van der Waals surface area contributed by atoms with Crippen LogP contribution in [0.1, 0.15) is 55.1 Å². The molecule has 0 aliphatic carbocycles. The van der Waals surface area contributed by atoms with Gasteiger partial charge in [-0.15, -0.1) is 0 Å². The molecule has 0 saturated carbocycles. The van der Waals surface area contributed by atoms with Crippen molar-refractivity contribution in [3.63, 3.8) is 0 Å². The number of benzene rings is 1. The highest BCUT2D eigenvalue weighted by Crippen LogP contribution is 2.25. The molecule has 1 aliphatic rings. The SMILES string of the molecule is CC(C)(C)c1ccc(C(=O)C2CCCN(Cc3cnc(N)nc3)C2)cc1. The second kappa shape index (κ2) is 7.54. The molecule has 1 aromatic carbocycles. The molecule has 2 aromatic rings. The Kier molecular flexibility index (Phi) is 5.37. The number of carbonyl (C=O) groups is 1. The van der Waals surface area contributed by atoms with Crippen molar-refractivity contribution in [1.29, 1.82) is 0 Å². The van der Waals surface area contributed by atoms with E-state index in [1.807, 2.05) is 12.1 Å². The van der Waals surface area contributed by atoms with Gasteiger partial charge in [-0.1, -0.05) is 45.0 Å². The maximum Gasteiger partial charge on any atom is 0.219 e. The number of rotatable bonds is 4. The van der Waals surface area contributed by atoms with Crippen LogP contribution in [0.5, 0.6) is 0 Å². The first-order valence-electron chi connectivity index (χ1n) is 9.26. The molecule has 3 rings (SSSR count). The van der Waals surface area contributed by atoms with Crippen LogP contribution >= 0.6 is 0 Å². The van der Waals surface area contributed by atoms with Gasteiger partial charge in [-0.2, -0.15) is 0 Å². The predicted molar refractivity (Wildman–Crippen MR) is 104 cm³/mol. The number of ketones is 1. The summed E-state index contributed by atoms with van der Waals surface area (Å²) in [7, 11) is 0. The molecule has 5 heteroatoms. The Morgan fingerprint density at radius 2 is 1.85 bits per heavy atom. The fraction of sp³-hybridized carbons (Fsp3) is 0.476. The molecule has 1 aliphatic heterocycles. The Labute approximate surface area is 155 Å². The van der Waals surface area contributed by atoms with Gasteiger partial charge in [-0.25, -0.2) is 9.97 Å². The van der Waals surface area contributed by atoms with Gasteiger partial charge >= 0.3 is 0 Å². The van der Waals surface area contributed by atoms with E-state index in [1.54, 1.807) is 12.4 Å². The molecule has 1 unspecified atom stereocenters.